The summed E-state index contributed by atoms with van der Waals surface area (Å²) < 4.78 is 0. The van der Waals surface area contributed by atoms with Crippen molar-refractivity contribution in [2.75, 3.05) is 5.32 Å². The van der Waals surface area contributed by atoms with Gasteiger partial charge in [-0.2, -0.15) is 5.26 Å². The van der Waals surface area contributed by atoms with Gasteiger partial charge in [0.1, 0.15) is 6.42 Å². The molecule has 0 radical (unpaired) electrons. The number of carbonyl (C=O) groups is 2. The molecule has 0 saturated heterocycles. The second-order valence-corrected chi connectivity index (χ2v) is 4.60. The van der Waals surface area contributed by atoms with E-state index in [0.29, 0.717) is 5.69 Å². The van der Waals surface area contributed by atoms with Gasteiger partial charge in [-0.25, -0.2) is 0 Å². The smallest absolute Gasteiger partial charge is 0.248 e. The predicted molar refractivity (Wildman–Crippen MR) is 81.2 cm³/mol. The number of anilines is 1. The van der Waals surface area contributed by atoms with E-state index in [2.05, 4.69) is 10.6 Å². The molecule has 5 heteroatoms. The molecule has 1 aromatic rings. The zero-order chi connectivity index (χ0) is 15.7. The van der Waals surface area contributed by atoms with Crippen LogP contribution in [-0.4, -0.2) is 11.8 Å². The average Bonchev–Trinajstić information content (AvgIpc) is 2.46. The molecule has 0 atom stereocenters. The van der Waals surface area contributed by atoms with Crippen molar-refractivity contribution in [2.45, 2.75) is 33.2 Å². The fourth-order valence-corrected chi connectivity index (χ4v) is 1.62. The zero-order valence-corrected chi connectivity index (χ0v) is 12.3. The number of nitriles is 1. The molecular formula is C16H19N3O2. The number of rotatable bonds is 6. The van der Waals surface area contributed by atoms with Crippen molar-refractivity contribution in [1.82, 2.24) is 5.32 Å². The van der Waals surface area contributed by atoms with Crippen molar-refractivity contribution in [2.24, 2.45) is 0 Å². The van der Waals surface area contributed by atoms with Crippen molar-refractivity contribution < 1.29 is 9.59 Å². The Hall–Kier alpha value is -2.61. The summed E-state index contributed by atoms with van der Waals surface area (Å²) in [6.07, 6.45) is 2.21. The summed E-state index contributed by atoms with van der Waals surface area (Å²) in [6.45, 7) is 4.15. The highest BCUT2D eigenvalue weighted by Crippen LogP contribution is 2.15. The lowest BCUT2D eigenvalue weighted by molar-refractivity contribution is -0.120. The molecule has 0 heterocycles. The maximum absolute atomic E-state index is 11.9. The summed E-state index contributed by atoms with van der Waals surface area (Å²) in [4.78, 5) is 23.2. The molecule has 2 amide bonds. The SMILES string of the molecule is CC/C(C)=C/C(=O)Nc1ccccc1CNC(=O)CC#N. The third-order valence-electron chi connectivity index (χ3n) is 2.93. The standard InChI is InChI=1S/C16H19N3O2/c1-3-12(2)10-16(21)19-14-7-5-4-6-13(14)11-18-15(20)8-9-17/h4-7,10H,3,8,11H2,1-2H3,(H,18,20)(H,19,21)/b12-10+. The number of para-hydroxylation sites is 1. The minimum absolute atomic E-state index is 0.174. The fourth-order valence-electron chi connectivity index (χ4n) is 1.62. The first-order chi connectivity index (χ1) is 10.1. The molecule has 0 unspecified atom stereocenters. The second kappa shape index (κ2) is 8.54. The van der Waals surface area contributed by atoms with Crippen LogP contribution in [0.4, 0.5) is 5.69 Å². The third kappa shape index (κ3) is 5.91. The van der Waals surface area contributed by atoms with E-state index in [4.69, 9.17) is 5.26 Å². The highest BCUT2D eigenvalue weighted by Gasteiger charge is 2.06. The average molecular weight is 285 g/mol. The minimum Gasteiger partial charge on any atom is -0.351 e. The molecular weight excluding hydrogens is 266 g/mol. The maximum Gasteiger partial charge on any atom is 0.248 e. The van der Waals surface area contributed by atoms with Crippen LogP contribution in [0.3, 0.4) is 0 Å². The lowest BCUT2D eigenvalue weighted by Gasteiger charge is -2.10. The highest BCUT2D eigenvalue weighted by atomic mass is 16.2. The molecule has 1 rings (SSSR count). The number of allylic oxidation sites excluding steroid dienone is 1. The summed E-state index contributed by atoms with van der Waals surface area (Å²) >= 11 is 0. The number of hydrogen-bond donors (Lipinski definition) is 2. The highest BCUT2D eigenvalue weighted by molar-refractivity contribution is 6.00. The Morgan fingerprint density at radius 1 is 1.33 bits per heavy atom. The van der Waals surface area contributed by atoms with Crippen LogP contribution in [0.25, 0.3) is 0 Å². The van der Waals surface area contributed by atoms with E-state index < -0.39 is 0 Å². The molecule has 0 bridgehead atoms. The molecule has 5 nitrogen and oxygen atoms in total. The van der Waals surface area contributed by atoms with Gasteiger partial charge in [-0.05, 0) is 25.0 Å². The van der Waals surface area contributed by atoms with Crippen LogP contribution in [-0.2, 0) is 16.1 Å². The second-order valence-electron chi connectivity index (χ2n) is 4.60. The van der Waals surface area contributed by atoms with E-state index in [1.165, 1.54) is 0 Å². The monoisotopic (exact) mass is 285 g/mol. The molecule has 0 saturated carbocycles. The van der Waals surface area contributed by atoms with E-state index in [1.54, 1.807) is 18.2 Å². The van der Waals surface area contributed by atoms with Crippen LogP contribution in [0.15, 0.2) is 35.9 Å². The van der Waals surface area contributed by atoms with Gasteiger partial charge in [0.15, 0.2) is 0 Å². The first-order valence-electron chi connectivity index (χ1n) is 6.76. The van der Waals surface area contributed by atoms with Crippen molar-refractivity contribution in [3.8, 4) is 6.07 Å². The largest absolute Gasteiger partial charge is 0.351 e. The van der Waals surface area contributed by atoms with E-state index in [0.717, 1.165) is 17.6 Å². The van der Waals surface area contributed by atoms with Gasteiger partial charge in [-0.15, -0.1) is 0 Å². The van der Waals surface area contributed by atoms with Crippen LogP contribution in [0.2, 0.25) is 0 Å². The van der Waals surface area contributed by atoms with Crippen LogP contribution in [0, 0.1) is 11.3 Å². The van der Waals surface area contributed by atoms with Gasteiger partial charge >= 0.3 is 0 Å². The summed E-state index contributed by atoms with van der Waals surface area (Å²) in [5.41, 5.74) is 2.44. The Balaban J connectivity index is 2.73. The molecule has 21 heavy (non-hydrogen) atoms. The summed E-state index contributed by atoms with van der Waals surface area (Å²) in [5, 5.41) is 13.9. The van der Waals surface area contributed by atoms with E-state index in [1.807, 2.05) is 32.0 Å². The first kappa shape index (κ1) is 16.4. The zero-order valence-electron chi connectivity index (χ0n) is 12.3. The number of nitrogens with one attached hydrogen (secondary N) is 2. The van der Waals surface area contributed by atoms with Crippen molar-refractivity contribution in [3.05, 3.63) is 41.5 Å². The molecule has 110 valence electrons. The minimum atomic E-state index is -0.333. The lowest BCUT2D eigenvalue weighted by Crippen LogP contribution is -2.23. The Morgan fingerprint density at radius 2 is 2.05 bits per heavy atom. The van der Waals surface area contributed by atoms with Gasteiger partial charge in [0.25, 0.3) is 0 Å². The van der Waals surface area contributed by atoms with Crippen molar-refractivity contribution in [1.29, 1.82) is 5.26 Å². The van der Waals surface area contributed by atoms with E-state index in [-0.39, 0.29) is 24.8 Å². The fraction of sp³-hybridized carbons (Fsp3) is 0.312. The van der Waals surface area contributed by atoms with Gasteiger partial charge in [0, 0.05) is 18.3 Å². The lowest BCUT2D eigenvalue weighted by atomic mass is 10.1. The first-order valence-corrected chi connectivity index (χ1v) is 6.76. The summed E-state index contributed by atoms with van der Waals surface area (Å²) in [7, 11) is 0. The number of carbonyl (C=O) groups excluding carboxylic acids is 2. The molecule has 1 aromatic carbocycles. The maximum atomic E-state index is 11.9. The van der Waals surface area contributed by atoms with Crippen LogP contribution in [0.5, 0.6) is 0 Å². The molecule has 0 spiro atoms. The molecule has 0 aliphatic rings. The number of hydrogen-bond acceptors (Lipinski definition) is 3. The summed E-state index contributed by atoms with van der Waals surface area (Å²) in [5.74, 6) is -0.523. The Morgan fingerprint density at radius 3 is 2.71 bits per heavy atom. The topological polar surface area (TPSA) is 82.0 Å². The van der Waals surface area contributed by atoms with Gasteiger partial charge < -0.3 is 10.6 Å². The molecule has 0 aromatic heterocycles. The molecule has 0 aliphatic carbocycles. The van der Waals surface area contributed by atoms with Crippen LogP contribution in [0.1, 0.15) is 32.3 Å². The number of nitrogens with zero attached hydrogens (tertiary/aromatic N) is 1. The van der Waals surface area contributed by atoms with Crippen LogP contribution < -0.4 is 10.6 Å². The van der Waals surface area contributed by atoms with Crippen molar-refractivity contribution in [3.63, 3.8) is 0 Å². The summed E-state index contributed by atoms with van der Waals surface area (Å²) in [6, 6.07) is 9.02. The van der Waals surface area contributed by atoms with Crippen molar-refractivity contribution >= 4 is 17.5 Å². The number of benzene rings is 1. The Labute approximate surface area is 124 Å². The van der Waals surface area contributed by atoms with Gasteiger partial charge in [0.2, 0.25) is 11.8 Å². The normalized spacial score (nSPS) is 10.6. The Kier molecular flexibility index (Phi) is 6.69. The van der Waals surface area contributed by atoms with Crippen LogP contribution >= 0.6 is 0 Å². The quantitative estimate of drug-likeness (QED) is 0.788. The molecule has 0 fully saturated rings. The van der Waals surface area contributed by atoms with E-state index in [9.17, 15) is 9.59 Å². The van der Waals surface area contributed by atoms with Gasteiger partial charge in [-0.1, -0.05) is 30.7 Å². The van der Waals surface area contributed by atoms with Gasteiger partial charge in [0.05, 0.1) is 6.07 Å². The van der Waals surface area contributed by atoms with E-state index >= 15 is 0 Å². The molecule has 0 aliphatic heterocycles. The van der Waals surface area contributed by atoms with Gasteiger partial charge in [-0.3, -0.25) is 9.59 Å². The Bertz CT molecular complexity index is 585. The third-order valence-corrected chi connectivity index (χ3v) is 2.93. The predicted octanol–water partition coefficient (Wildman–Crippen LogP) is 2.51. The number of amides is 2. The molecule has 2 N–H and O–H groups in total.